The van der Waals surface area contributed by atoms with E-state index in [9.17, 15) is 4.79 Å². The van der Waals surface area contributed by atoms with Gasteiger partial charge in [-0.15, -0.1) is 0 Å². The molecule has 1 aliphatic heterocycles. The molecule has 3 heterocycles. The molecule has 0 spiro atoms. The predicted octanol–water partition coefficient (Wildman–Crippen LogP) is 3.46. The van der Waals surface area contributed by atoms with E-state index in [2.05, 4.69) is 36.3 Å². The second kappa shape index (κ2) is 9.36. The summed E-state index contributed by atoms with van der Waals surface area (Å²) in [5, 5.41) is 11.6. The molecule has 4 N–H and O–H groups in total. The van der Waals surface area contributed by atoms with Crippen molar-refractivity contribution in [3.63, 3.8) is 0 Å². The number of anilines is 1. The first-order valence-electron chi connectivity index (χ1n) is 9.51. The van der Waals surface area contributed by atoms with Crippen LogP contribution in [0.3, 0.4) is 0 Å². The quantitative estimate of drug-likeness (QED) is 0.441. The van der Waals surface area contributed by atoms with Gasteiger partial charge in [0, 0.05) is 42.8 Å². The number of rotatable bonds is 8. The fraction of sp³-hybridized carbons (Fsp3) is 0.190. The lowest BCUT2D eigenvalue weighted by Crippen LogP contribution is -2.28. The molecule has 154 valence electrons. The van der Waals surface area contributed by atoms with Gasteiger partial charge in [0.05, 0.1) is 11.9 Å². The molecular formula is C21H22N6O2S. The van der Waals surface area contributed by atoms with E-state index >= 15 is 0 Å². The van der Waals surface area contributed by atoms with E-state index < -0.39 is 0 Å². The number of aromatic nitrogens is 3. The number of H-pyrrole nitrogens is 1. The van der Waals surface area contributed by atoms with E-state index in [0.717, 1.165) is 11.4 Å². The smallest absolute Gasteiger partial charge is 0.255 e. The highest BCUT2D eigenvalue weighted by molar-refractivity contribution is 8.03. The molecule has 1 aliphatic rings. The van der Waals surface area contributed by atoms with Crippen LogP contribution < -0.4 is 20.7 Å². The van der Waals surface area contributed by atoms with Gasteiger partial charge in [-0.1, -0.05) is 23.9 Å². The molecule has 0 saturated carbocycles. The number of imidazole rings is 1. The van der Waals surface area contributed by atoms with Crippen molar-refractivity contribution in [1.82, 2.24) is 25.6 Å². The maximum absolute atomic E-state index is 12.7. The zero-order chi connectivity index (χ0) is 20.8. The van der Waals surface area contributed by atoms with Gasteiger partial charge in [0.25, 0.3) is 5.91 Å². The van der Waals surface area contributed by atoms with Gasteiger partial charge in [0.1, 0.15) is 17.3 Å². The molecule has 0 saturated heterocycles. The molecule has 1 atom stereocenters. The van der Waals surface area contributed by atoms with Crippen molar-refractivity contribution in [2.24, 2.45) is 0 Å². The Morgan fingerprint density at radius 1 is 1.30 bits per heavy atom. The van der Waals surface area contributed by atoms with Gasteiger partial charge in [-0.25, -0.2) is 9.97 Å². The molecular weight excluding hydrogens is 400 g/mol. The van der Waals surface area contributed by atoms with Crippen LogP contribution in [0.2, 0.25) is 0 Å². The lowest BCUT2D eigenvalue weighted by atomic mass is 10.2. The largest absolute Gasteiger partial charge is 0.456 e. The van der Waals surface area contributed by atoms with E-state index in [1.807, 2.05) is 25.1 Å². The number of ether oxygens (including phenoxy) is 1. The Kier molecular flexibility index (Phi) is 6.19. The Morgan fingerprint density at radius 2 is 2.20 bits per heavy atom. The van der Waals surface area contributed by atoms with E-state index in [1.165, 1.54) is 0 Å². The maximum atomic E-state index is 12.7. The molecule has 0 bridgehead atoms. The van der Waals surface area contributed by atoms with Crippen LogP contribution in [0, 0.1) is 0 Å². The highest BCUT2D eigenvalue weighted by Crippen LogP contribution is 2.28. The Labute approximate surface area is 178 Å². The van der Waals surface area contributed by atoms with Crippen LogP contribution in [0.15, 0.2) is 66.2 Å². The van der Waals surface area contributed by atoms with Crippen LogP contribution in [0.5, 0.6) is 11.5 Å². The normalized spacial score (nSPS) is 15.2. The minimum Gasteiger partial charge on any atom is -0.456 e. The van der Waals surface area contributed by atoms with Crippen LogP contribution in [-0.2, 0) is 6.42 Å². The van der Waals surface area contributed by atoms with Crippen LogP contribution >= 0.6 is 11.8 Å². The van der Waals surface area contributed by atoms with Gasteiger partial charge < -0.3 is 25.7 Å². The molecule has 9 heteroatoms. The summed E-state index contributed by atoms with van der Waals surface area (Å²) in [7, 11) is 0. The monoisotopic (exact) mass is 422 g/mol. The second-order valence-corrected chi connectivity index (χ2v) is 7.64. The summed E-state index contributed by atoms with van der Waals surface area (Å²) in [6.07, 6.45) is 5.72. The molecule has 1 aromatic carbocycles. The summed E-state index contributed by atoms with van der Waals surface area (Å²) >= 11 is 1.64. The van der Waals surface area contributed by atoms with Crippen molar-refractivity contribution in [3.05, 3.63) is 77.5 Å². The van der Waals surface area contributed by atoms with Gasteiger partial charge in [-0.05, 0) is 30.5 Å². The number of hydrogen-bond acceptors (Lipinski definition) is 7. The average Bonchev–Trinajstić information content (AvgIpc) is 3.40. The van der Waals surface area contributed by atoms with E-state index in [4.69, 9.17) is 4.74 Å². The zero-order valence-electron chi connectivity index (χ0n) is 16.4. The first-order valence-corrected chi connectivity index (χ1v) is 10.5. The number of amides is 1. The van der Waals surface area contributed by atoms with Crippen molar-refractivity contribution in [3.8, 4) is 11.5 Å². The molecule has 0 aliphatic carbocycles. The van der Waals surface area contributed by atoms with E-state index in [0.29, 0.717) is 35.8 Å². The second-order valence-electron chi connectivity index (χ2n) is 6.66. The highest BCUT2D eigenvalue weighted by Gasteiger charge is 2.15. The van der Waals surface area contributed by atoms with E-state index in [-0.39, 0.29) is 11.4 Å². The first kappa shape index (κ1) is 19.8. The standard InChI is InChI=1S/C21H22N6O2S/c1-14-12-30-21(26-14)27-19-10-16(7-9-23-19)29-18-5-3-2-4-17(18)20(28)24-8-6-15-11-22-13-25-15/h2-5,7,9-13,21,26H,6,8H2,1H3,(H,22,25)(H,23,27)(H,24,28). The van der Waals surface area contributed by atoms with Crippen LogP contribution in [0.1, 0.15) is 23.0 Å². The lowest BCUT2D eigenvalue weighted by molar-refractivity contribution is 0.0952. The molecule has 4 rings (SSSR count). The predicted molar refractivity (Wildman–Crippen MR) is 117 cm³/mol. The summed E-state index contributed by atoms with van der Waals surface area (Å²) < 4.78 is 6.01. The summed E-state index contributed by atoms with van der Waals surface area (Å²) in [5.74, 6) is 1.57. The molecule has 1 unspecified atom stereocenters. The molecule has 2 aromatic heterocycles. The molecule has 0 fully saturated rings. The molecule has 30 heavy (non-hydrogen) atoms. The number of hydrogen-bond donors (Lipinski definition) is 4. The average molecular weight is 423 g/mol. The van der Waals surface area contributed by atoms with Gasteiger partial charge in [0.15, 0.2) is 5.50 Å². The van der Waals surface area contributed by atoms with Crippen molar-refractivity contribution in [1.29, 1.82) is 0 Å². The van der Waals surface area contributed by atoms with Crippen molar-refractivity contribution in [2.75, 3.05) is 11.9 Å². The van der Waals surface area contributed by atoms with Gasteiger partial charge in [-0.3, -0.25) is 4.79 Å². The van der Waals surface area contributed by atoms with Crippen LogP contribution in [0.25, 0.3) is 0 Å². The first-order chi connectivity index (χ1) is 14.7. The number of para-hydroxylation sites is 1. The van der Waals surface area contributed by atoms with Crippen LogP contribution in [0.4, 0.5) is 5.82 Å². The van der Waals surface area contributed by atoms with Crippen molar-refractivity contribution in [2.45, 2.75) is 18.8 Å². The number of carbonyl (C=O) groups is 1. The lowest BCUT2D eigenvalue weighted by Gasteiger charge is -2.15. The van der Waals surface area contributed by atoms with Crippen molar-refractivity contribution >= 4 is 23.5 Å². The topological polar surface area (TPSA) is 104 Å². The number of nitrogens with one attached hydrogen (secondary N) is 4. The third-order valence-electron chi connectivity index (χ3n) is 4.34. The summed E-state index contributed by atoms with van der Waals surface area (Å²) in [5.41, 5.74) is 2.58. The number of carbonyl (C=O) groups excluding carboxylic acids is 1. The minimum atomic E-state index is -0.189. The zero-order valence-corrected chi connectivity index (χ0v) is 17.2. The number of nitrogens with zero attached hydrogens (tertiary/aromatic N) is 2. The van der Waals surface area contributed by atoms with Gasteiger partial charge in [-0.2, -0.15) is 0 Å². The summed E-state index contributed by atoms with van der Waals surface area (Å²) in [6.45, 7) is 2.51. The minimum absolute atomic E-state index is 0.0284. The highest BCUT2D eigenvalue weighted by atomic mass is 32.2. The SMILES string of the molecule is CC1=CSC(Nc2cc(Oc3ccccc3C(=O)NCCc3cnc[nH]3)ccn2)N1. The molecule has 1 amide bonds. The number of aromatic amines is 1. The van der Waals surface area contributed by atoms with Crippen molar-refractivity contribution < 1.29 is 9.53 Å². The van der Waals surface area contributed by atoms with Crippen LogP contribution in [-0.4, -0.2) is 32.9 Å². The number of benzene rings is 1. The third-order valence-corrected chi connectivity index (χ3v) is 5.34. The Balaban J connectivity index is 1.40. The molecule has 0 radical (unpaired) electrons. The summed E-state index contributed by atoms with van der Waals surface area (Å²) in [4.78, 5) is 24.0. The van der Waals surface area contributed by atoms with E-state index in [1.54, 1.807) is 48.7 Å². The fourth-order valence-corrected chi connectivity index (χ4v) is 3.75. The fourth-order valence-electron chi connectivity index (χ4n) is 2.90. The molecule has 3 aromatic rings. The molecule has 8 nitrogen and oxygen atoms in total. The number of allylic oxidation sites excluding steroid dienone is 1. The number of thioether (sulfide) groups is 1. The maximum Gasteiger partial charge on any atom is 0.255 e. The van der Waals surface area contributed by atoms with Gasteiger partial charge >= 0.3 is 0 Å². The summed E-state index contributed by atoms with van der Waals surface area (Å²) in [6, 6.07) is 10.7. The Hall–Kier alpha value is -3.46. The Bertz CT molecular complexity index is 1040. The third kappa shape index (κ3) is 5.12. The van der Waals surface area contributed by atoms with Gasteiger partial charge in [0.2, 0.25) is 0 Å². The Morgan fingerprint density at radius 3 is 3.00 bits per heavy atom. The number of pyridine rings is 1.